The first kappa shape index (κ1) is 19.6. The third-order valence-electron chi connectivity index (χ3n) is 4.07. The number of hydrazine groups is 1. The molecule has 0 aliphatic heterocycles. The van der Waals surface area contributed by atoms with Crippen molar-refractivity contribution < 1.29 is 9.59 Å². The van der Waals surface area contributed by atoms with Crippen molar-refractivity contribution in [3.05, 3.63) is 64.4 Å². The monoisotopic (exact) mass is 396 g/mol. The Morgan fingerprint density at radius 2 is 1.79 bits per heavy atom. The van der Waals surface area contributed by atoms with Gasteiger partial charge in [-0.1, -0.05) is 49.0 Å². The number of carbonyl (C=O) groups excluding carboxylic acids is 2. The molecule has 0 bridgehead atoms. The zero-order chi connectivity index (χ0) is 20.1. The summed E-state index contributed by atoms with van der Waals surface area (Å²) < 4.78 is 1.55. The quantitative estimate of drug-likeness (QED) is 0.392. The first-order chi connectivity index (χ1) is 13.5. The number of fused-ring (bicyclic) bond motifs is 1. The van der Waals surface area contributed by atoms with Gasteiger partial charge in [-0.25, -0.2) is 4.98 Å². The van der Waals surface area contributed by atoms with Crippen LogP contribution in [0.3, 0.4) is 0 Å². The van der Waals surface area contributed by atoms with Gasteiger partial charge in [-0.3, -0.25) is 29.8 Å². The molecule has 0 saturated carbocycles. The molecule has 144 valence electrons. The lowest BCUT2D eigenvalue weighted by Crippen LogP contribution is -2.41. The predicted octanol–water partition coefficient (Wildman–Crippen LogP) is 2.21. The van der Waals surface area contributed by atoms with Crippen LogP contribution in [-0.4, -0.2) is 27.1 Å². The van der Waals surface area contributed by atoms with Gasteiger partial charge in [0.2, 0.25) is 11.8 Å². The molecule has 0 radical (unpaired) electrons. The fourth-order valence-corrected chi connectivity index (χ4v) is 3.58. The minimum Gasteiger partial charge on any atom is -0.274 e. The van der Waals surface area contributed by atoms with Gasteiger partial charge in [0.15, 0.2) is 5.16 Å². The normalized spacial score (nSPS) is 10.6. The fraction of sp³-hybridized carbons (Fsp3) is 0.200. The number of hydrogen-bond acceptors (Lipinski definition) is 5. The van der Waals surface area contributed by atoms with E-state index in [1.54, 1.807) is 22.8 Å². The highest BCUT2D eigenvalue weighted by Crippen LogP contribution is 2.23. The Labute approximate surface area is 166 Å². The van der Waals surface area contributed by atoms with Gasteiger partial charge in [-0.15, -0.1) is 0 Å². The lowest BCUT2D eigenvalue weighted by molar-refractivity contribution is -0.126. The maximum atomic E-state index is 13.2. The molecule has 0 atom stereocenters. The van der Waals surface area contributed by atoms with E-state index in [1.807, 2.05) is 37.3 Å². The van der Waals surface area contributed by atoms with Crippen LogP contribution in [0.4, 0.5) is 0 Å². The highest BCUT2D eigenvalue weighted by molar-refractivity contribution is 7.99. The van der Waals surface area contributed by atoms with Crippen LogP contribution in [0.1, 0.15) is 19.4 Å². The molecule has 0 unspecified atom stereocenters. The van der Waals surface area contributed by atoms with Crippen molar-refractivity contribution in [1.82, 2.24) is 20.4 Å². The van der Waals surface area contributed by atoms with Gasteiger partial charge in [0, 0.05) is 6.92 Å². The average molecular weight is 396 g/mol. The molecule has 3 aromatic rings. The summed E-state index contributed by atoms with van der Waals surface area (Å²) in [7, 11) is 0. The fourth-order valence-electron chi connectivity index (χ4n) is 2.77. The van der Waals surface area contributed by atoms with Crippen LogP contribution in [0.5, 0.6) is 0 Å². The second-order valence-electron chi connectivity index (χ2n) is 6.05. The molecule has 0 fully saturated rings. The van der Waals surface area contributed by atoms with E-state index in [4.69, 9.17) is 0 Å². The van der Waals surface area contributed by atoms with Crippen molar-refractivity contribution in [1.29, 1.82) is 0 Å². The Bertz CT molecular complexity index is 1090. The van der Waals surface area contributed by atoms with Crippen LogP contribution in [0.25, 0.3) is 16.6 Å². The maximum Gasteiger partial charge on any atom is 0.266 e. The van der Waals surface area contributed by atoms with Crippen molar-refractivity contribution in [2.75, 3.05) is 5.75 Å². The highest BCUT2D eigenvalue weighted by atomic mass is 32.2. The second-order valence-corrected chi connectivity index (χ2v) is 6.99. The third kappa shape index (κ3) is 4.23. The minimum absolute atomic E-state index is 0.000643. The molecular formula is C20H20N4O3S. The molecule has 0 aliphatic rings. The van der Waals surface area contributed by atoms with Crippen molar-refractivity contribution >= 4 is 34.5 Å². The van der Waals surface area contributed by atoms with Crippen LogP contribution in [0.2, 0.25) is 0 Å². The molecular weight excluding hydrogens is 376 g/mol. The van der Waals surface area contributed by atoms with Crippen molar-refractivity contribution in [3.63, 3.8) is 0 Å². The summed E-state index contributed by atoms with van der Waals surface area (Å²) >= 11 is 1.14. The number of para-hydroxylation sites is 2. The molecule has 3 rings (SSSR count). The van der Waals surface area contributed by atoms with Gasteiger partial charge < -0.3 is 0 Å². The number of amides is 2. The van der Waals surface area contributed by atoms with Gasteiger partial charge in [0.1, 0.15) is 0 Å². The second kappa shape index (κ2) is 8.71. The van der Waals surface area contributed by atoms with Gasteiger partial charge in [0.25, 0.3) is 5.56 Å². The third-order valence-corrected chi connectivity index (χ3v) is 5.01. The summed E-state index contributed by atoms with van der Waals surface area (Å²) in [6, 6.07) is 14.8. The molecule has 1 heterocycles. The van der Waals surface area contributed by atoms with E-state index in [0.29, 0.717) is 16.1 Å². The lowest BCUT2D eigenvalue weighted by Gasteiger charge is -2.16. The average Bonchev–Trinajstić information content (AvgIpc) is 2.71. The van der Waals surface area contributed by atoms with Crippen LogP contribution in [-0.2, 0) is 16.0 Å². The van der Waals surface area contributed by atoms with Crippen molar-refractivity contribution in [3.8, 4) is 5.69 Å². The number of thioether (sulfide) groups is 1. The Kier molecular flexibility index (Phi) is 6.10. The summed E-state index contributed by atoms with van der Waals surface area (Å²) in [5.74, 6) is -0.756. The number of carbonyl (C=O) groups is 2. The topological polar surface area (TPSA) is 93.1 Å². The summed E-state index contributed by atoms with van der Waals surface area (Å²) in [4.78, 5) is 40.8. The number of hydrogen-bond donors (Lipinski definition) is 2. The summed E-state index contributed by atoms with van der Waals surface area (Å²) in [5, 5.41) is 0.933. The lowest BCUT2D eigenvalue weighted by atomic mass is 10.1. The molecule has 2 amide bonds. The molecule has 0 saturated heterocycles. The zero-order valence-corrected chi connectivity index (χ0v) is 16.4. The van der Waals surface area contributed by atoms with E-state index in [-0.39, 0.29) is 17.2 Å². The molecule has 8 heteroatoms. The van der Waals surface area contributed by atoms with E-state index in [1.165, 1.54) is 6.92 Å². The number of benzene rings is 2. The molecule has 0 aliphatic carbocycles. The molecule has 7 nitrogen and oxygen atoms in total. The maximum absolute atomic E-state index is 13.2. The van der Waals surface area contributed by atoms with Crippen LogP contribution in [0, 0.1) is 0 Å². The number of nitrogens with one attached hydrogen (secondary N) is 2. The van der Waals surface area contributed by atoms with Gasteiger partial charge >= 0.3 is 0 Å². The van der Waals surface area contributed by atoms with Gasteiger partial charge in [-0.05, 0) is 30.2 Å². The van der Waals surface area contributed by atoms with Gasteiger partial charge in [0.05, 0.1) is 22.3 Å². The molecule has 28 heavy (non-hydrogen) atoms. The Morgan fingerprint density at radius 1 is 1.07 bits per heavy atom. The van der Waals surface area contributed by atoms with E-state index < -0.39 is 5.91 Å². The van der Waals surface area contributed by atoms with E-state index >= 15 is 0 Å². The smallest absolute Gasteiger partial charge is 0.266 e. The van der Waals surface area contributed by atoms with Crippen molar-refractivity contribution in [2.24, 2.45) is 0 Å². The standard InChI is InChI=1S/C20H20N4O3S/c1-3-14-8-4-7-11-17(14)24-19(27)15-9-5-6-10-16(15)21-20(24)28-12-18(26)23-22-13(2)25/h4-11H,3,12H2,1-2H3,(H,22,25)(H,23,26). The summed E-state index contributed by atoms with van der Waals surface area (Å²) in [6.45, 7) is 3.32. The molecule has 2 N–H and O–H groups in total. The van der Waals surface area contributed by atoms with Crippen LogP contribution < -0.4 is 16.4 Å². The number of nitrogens with zero attached hydrogens (tertiary/aromatic N) is 2. The summed E-state index contributed by atoms with van der Waals surface area (Å²) in [5.41, 5.74) is 6.70. The number of aromatic nitrogens is 2. The first-order valence-corrected chi connectivity index (χ1v) is 9.78. The summed E-state index contributed by atoms with van der Waals surface area (Å²) in [6.07, 6.45) is 0.753. The highest BCUT2D eigenvalue weighted by Gasteiger charge is 2.16. The number of rotatable bonds is 5. The van der Waals surface area contributed by atoms with E-state index in [2.05, 4.69) is 15.8 Å². The SMILES string of the molecule is CCc1ccccc1-n1c(SCC(=O)NNC(C)=O)nc2ccccc2c1=O. The zero-order valence-electron chi connectivity index (χ0n) is 15.6. The Morgan fingerprint density at radius 3 is 2.54 bits per heavy atom. The Balaban J connectivity index is 2.06. The van der Waals surface area contributed by atoms with Gasteiger partial charge in [-0.2, -0.15) is 0 Å². The largest absolute Gasteiger partial charge is 0.274 e. The van der Waals surface area contributed by atoms with Crippen LogP contribution in [0.15, 0.2) is 58.5 Å². The molecule has 0 spiro atoms. The minimum atomic E-state index is -0.391. The molecule has 2 aromatic carbocycles. The Hall–Kier alpha value is -3.13. The van der Waals surface area contributed by atoms with E-state index in [9.17, 15) is 14.4 Å². The number of aryl methyl sites for hydroxylation is 1. The first-order valence-electron chi connectivity index (χ1n) is 8.79. The molecule has 1 aromatic heterocycles. The van der Waals surface area contributed by atoms with Crippen LogP contribution >= 0.6 is 11.8 Å². The van der Waals surface area contributed by atoms with E-state index in [0.717, 1.165) is 29.4 Å². The van der Waals surface area contributed by atoms with Crippen molar-refractivity contribution in [2.45, 2.75) is 25.4 Å². The predicted molar refractivity (Wildman–Crippen MR) is 109 cm³/mol.